The Morgan fingerprint density at radius 2 is 2.42 bits per heavy atom. The third-order valence-electron chi connectivity index (χ3n) is 1.69. The van der Waals surface area contributed by atoms with E-state index in [0.29, 0.717) is 6.54 Å². The molecular weight excluding hydrogens is 154 g/mol. The van der Waals surface area contributed by atoms with Crippen molar-refractivity contribution in [1.82, 2.24) is 14.8 Å². The van der Waals surface area contributed by atoms with Crippen LogP contribution in [0.25, 0.3) is 10.9 Å². The summed E-state index contributed by atoms with van der Waals surface area (Å²) in [6, 6.07) is 1.90. The molecule has 0 aromatic carbocycles. The zero-order valence-electron chi connectivity index (χ0n) is 6.51. The highest BCUT2D eigenvalue weighted by Crippen LogP contribution is 2.08. The molecule has 0 saturated heterocycles. The summed E-state index contributed by atoms with van der Waals surface area (Å²) in [5.74, 6) is 0. The maximum Gasteiger partial charge on any atom is 0.111 e. The summed E-state index contributed by atoms with van der Waals surface area (Å²) in [5, 5.41) is 13.9. The van der Waals surface area contributed by atoms with Crippen LogP contribution < -0.4 is 0 Å². The fraction of sp³-hybridized carbons (Fsp3) is 0.250. The number of hydrogen-bond donors (Lipinski definition) is 1. The molecule has 1 N–H and O–H groups in total. The predicted octanol–water partition coefficient (Wildman–Crippen LogP) is 0.424. The summed E-state index contributed by atoms with van der Waals surface area (Å²) in [6.45, 7) is 0.649. The Hall–Kier alpha value is -1.42. The van der Waals surface area contributed by atoms with Crippen LogP contribution in [0.1, 0.15) is 0 Å². The molecule has 2 rings (SSSR count). The fourth-order valence-corrected chi connectivity index (χ4v) is 1.13. The van der Waals surface area contributed by atoms with Gasteiger partial charge < -0.3 is 5.11 Å². The second-order valence-corrected chi connectivity index (χ2v) is 2.55. The number of fused-ring (bicyclic) bond motifs is 1. The van der Waals surface area contributed by atoms with Crippen LogP contribution in [0, 0.1) is 0 Å². The van der Waals surface area contributed by atoms with Gasteiger partial charge >= 0.3 is 0 Å². The van der Waals surface area contributed by atoms with Gasteiger partial charge in [-0.1, -0.05) is 0 Å². The van der Waals surface area contributed by atoms with Crippen LogP contribution in [0.4, 0.5) is 0 Å². The zero-order chi connectivity index (χ0) is 8.39. The molecule has 62 valence electrons. The lowest BCUT2D eigenvalue weighted by atomic mass is 10.3. The van der Waals surface area contributed by atoms with Gasteiger partial charge in [-0.25, -0.2) is 0 Å². The maximum atomic E-state index is 8.67. The molecular formula is C8H9N3O. The SMILES string of the molecule is OCCn1cc2ccncc2n1. The Labute approximate surface area is 69.5 Å². The van der Waals surface area contributed by atoms with Gasteiger partial charge in [-0.15, -0.1) is 0 Å². The van der Waals surface area contributed by atoms with E-state index in [1.807, 2.05) is 12.3 Å². The highest BCUT2D eigenvalue weighted by atomic mass is 16.3. The minimum Gasteiger partial charge on any atom is -0.394 e. The lowest BCUT2D eigenvalue weighted by Gasteiger charge is -1.92. The van der Waals surface area contributed by atoms with Gasteiger partial charge in [0.2, 0.25) is 0 Å². The number of pyridine rings is 1. The molecule has 4 heteroatoms. The van der Waals surface area contributed by atoms with Crippen molar-refractivity contribution in [3.8, 4) is 0 Å². The van der Waals surface area contributed by atoms with Crippen LogP contribution in [0.15, 0.2) is 24.7 Å². The quantitative estimate of drug-likeness (QED) is 0.698. The number of aliphatic hydroxyl groups is 1. The summed E-state index contributed by atoms with van der Waals surface area (Å²) >= 11 is 0. The molecule has 0 radical (unpaired) electrons. The molecule has 0 amide bonds. The average molecular weight is 163 g/mol. The van der Waals surface area contributed by atoms with E-state index < -0.39 is 0 Å². The number of nitrogens with zero attached hydrogens (tertiary/aromatic N) is 3. The molecule has 0 aliphatic rings. The van der Waals surface area contributed by atoms with Gasteiger partial charge in [0.1, 0.15) is 5.52 Å². The first-order chi connectivity index (χ1) is 5.90. The molecule has 2 aromatic rings. The molecule has 0 aliphatic carbocycles. The zero-order valence-corrected chi connectivity index (χ0v) is 6.51. The fourth-order valence-electron chi connectivity index (χ4n) is 1.13. The van der Waals surface area contributed by atoms with E-state index in [-0.39, 0.29) is 6.61 Å². The molecule has 0 fully saturated rings. The standard InChI is InChI=1S/C8H9N3O/c12-4-3-11-6-7-1-2-9-5-8(7)10-11/h1-2,5-6,12H,3-4H2. The third-order valence-corrected chi connectivity index (χ3v) is 1.69. The molecule has 0 saturated carbocycles. The molecule has 0 atom stereocenters. The second kappa shape index (κ2) is 2.91. The minimum atomic E-state index is 0.113. The van der Waals surface area contributed by atoms with Crippen molar-refractivity contribution in [3.63, 3.8) is 0 Å². The second-order valence-electron chi connectivity index (χ2n) is 2.55. The topological polar surface area (TPSA) is 50.9 Å². The number of rotatable bonds is 2. The Kier molecular flexibility index (Phi) is 1.75. The van der Waals surface area contributed by atoms with E-state index in [1.54, 1.807) is 17.1 Å². The van der Waals surface area contributed by atoms with Crippen LogP contribution in [-0.2, 0) is 6.54 Å². The van der Waals surface area contributed by atoms with Gasteiger partial charge in [0.15, 0.2) is 0 Å². The molecule has 0 unspecified atom stereocenters. The van der Waals surface area contributed by atoms with Crippen LogP contribution >= 0.6 is 0 Å². The Balaban J connectivity index is 2.47. The Bertz CT molecular complexity index is 349. The maximum absolute atomic E-state index is 8.67. The van der Waals surface area contributed by atoms with Crippen molar-refractivity contribution in [2.75, 3.05) is 6.61 Å². The Morgan fingerprint density at radius 3 is 3.17 bits per heavy atom. The van der Waals surface area contributed by atoms with Crippen molar-refractivity contribution in [2.24, 2.45) is 0 Å². The smallest absolute Gasteiger partial charge is 0.111 e. The molecule has 12 heavy (non-hydrogen) atoms. The van der Waals surface area contributed by atoms with E-state index in [0.717, 1.165) is 10.9 Å². The number of aromatic nitrogens is 3. The first-order valence-electron chi connectivity index (χ1n) is 3.78. The molecule has 4 nitrogen and oxygen atoms in total. The third kappa shape index (κ3) is 1.16. The molecule has 0 aliphatic heterocycles. The Morgan fingerprint density at radius 1 is 1.50 bits per heavy atom. The highest BCUT2D eigenvalue weighted by Gasteiger charge is 1.97. The molecule has 0 bridgehead atoms. The van der Waals surface area contributed by atoms with Gasteiger partial charge in [0, 0.05) is 17.8 Å². The van der Waals surface area contributed by atoms with Crippen LogP contribution in [0.3, 0.4) is 0 Å². The van der Waals surface area contributed by atoms with E-state index in [2.05, 4.69) is 10.1 Å². The number of hydrogen-bond acceptors (Lipinski definition) is 3. The van der Waals surface area contributed by atoms with E-state index in [4.69, 9.17) is 5.11 Å². The van der Waals surface area contributed by atoms with E-state index in [1.165, 1.54) is 0 Å². The van der Waals surface area contributed by atoms with Gasteiger partial charge in [-0.2, -0.15) is 5.10 Å². The van der Waals surface area contributed by atoms with Gasteiger partial charge in [-0.05, 0) is 6.07 Å². The van der Waals surface area contributed by atoms with Crippen molar-refractivity contribution >= 4 is 10.9 Å². The van der Waals surface area contributed by atoms with Gasteiger partial charge in [-0.3, -0.25) is 9.67 Å². The molecule has 2 aromatic heterocycles. The first-order valence-corrected chi connectivity index (χ1v) is 3.78. The van der Waals surface area contributed by atoms with Crippen LogP contribution in [-0.4, -0.2) is 26.5 Å². The van der Waals surface area contributed by atoms with Crippen molar-refractivity contribution in [2.45, 2.75) is 6.54 Å². The van der Waals surface area contributed by atoms with Gasteiger partial charge in [0.25, 0.3) is 0 Å². The van der Waals surface area contributed by atoms with Gasteiger partial charge in [0.05, 0.1) is 19.3 Å². The largest absolute Gasteiger partial charge is 0.394 e. The highest BCUT2D eigenvalue weighted by molar-refractivity contribution is 5.76. The summed E-state index contributed by atoms with van der Waals surface area (Å²) in [6.07, 6.45) is 5.34. The molecule has 0 spiro atoms. The normalized spacial score (nSPS) is 10.8. The van der Waals surface area contributed by atoms with Crippen LogP contribution in [0.2, 0.25) is 0 Å². The van der Waals surface area contributed by atoms with Crippen LogP contribution in [0.5, 0.6) is 0 Å². The van der Waals surface area contributed by atoms with E-state index >= 15 is 0 Å². The number of aliphatic hydroxyl groups excluding tert-OH is 1. The van der Waals surface area contributed by atoms with Crippen molar-refractivity contribution in [1.29, 1.82) is 0 Å². The predicted molar refractivity (Wildman–Crippen MR) is 44.6 cm³/mol. The minimum absolute atomic E-state index is 0.113. The molecule has 2 heterocycles. The van der Waals surface area contributed by atoms with Crippen molar-refractivity contribution in [3.05, 3.63) is 24.7 Å². The monoisotopic (exact) mass is 163 g/mol. The average Bonchev–Trinajstić information content (AvgIpc) is 2.47. The first kappa shape index (κ1) is 7.24. The summed E-state index contributed by atoms with van der Waals surface area (Å²) in [5.41, 5.74) is 0.867. The summed E-state index contributed by atoms with van der Waals surface area (Å²) < 4.78 is 1.71. The summed E-state index contributed by atoms with van der Waals surface area (Å²) in [7, 11) is 0. The lowest BCUT2D eigenvalue weighted by Crippen LogP contribution is -2.01. The van der Waals surface area contributed by atoms with E-state index in [9.17, 15) is 0 Å². The summed E-state index contributed by atoms with van der Waals surface area (Å²) in [4.78, 5) is 3.95. The van der Waals surface area contributed by atoms with Crippen molar-refractivity contribution < 1.29 is 5.11 Å². The lowest BCUT2D eigenvalue weighted by molar-refractivity contribution is 0.270.